The molecule has 0 saturated heterocycles. The number of rotatable bonds is 18. The lowest BCUT2D eigenvalue weighted by Crippen LogP contribution is -1.97. The molecule has 0 N–H and O–H groups in total. The second-order valence-electron chi connectivity index (χ2n) is 7.12. The number of unbranched alkanes of at least 4 members (excludes halogenated alkanes) is 14. The van der Waals surface area contributed by atoms with Crippen molar-refractivity contribution in [2.75, 3.05) is 0 Å². The Morgan fingerprint density at radius 1 is 0.455 bits per heavy atom. The first-order chi connectivity index (χ1) is 10.8. The van der Waals surface area contributed by atoms with Gasteiger partial charge in [-0.15, -0.1) is 0 Å². The summed E-state index contributed by atoms with van der Waals surface area (Å²) in [6, 6.07) is 0. The van der Waals surface area contributed by atoms with Crippen LogP contribution in [-0.4, -0.2) is 4.83 Å². The molecule has 134 valence electrons. The molecule has 0 radical (unpaired) electrons. The summed E-state index contributed by atoms with van der Waals surface area (Å²) in [4.78, 5) is 0.785. The smallest absolute Gasteiger partial charge is 0.0145 e. The van der Waals surface area contributed by atoms with Gasteiger partial charge >= 0.3 is 0 Å². The molecular formula is C21H43Br. The highest BCUT2D eigenvalue weighted by Gasteiger charge is 2.03. The third-order valence-corrected chi connectivity index (χ3v) is 5.66. The molecule has 0 aliphatic heterocycles. The molecule has 0 aromatic carbocycles. The molecule has 0 amide bonds. The van der Waals surface area contributed by atoms with Gasteiger partial charge < -0.3 is 0 Å². The standard InChI is InChI=1S/C21H43Br/c1-3-5-7-9-11-13-15-17-19-21(22)20-18-16-14-12-10-8-6-4-2/h21H,3-20H2,1-2H3. The Morgan fingerprint density at radius 2 is 0.727 bits per heavy atom. The van der Waals surface area contributed by atoms with Crippen LogP contribution in [0.5, 0.6) is 0 Å². The summed E-state index contributed by atoms with van der Waals surface area (Å²) in [6.07, 6.45) is 25.8. The normalized spacial score (nSPS) is 11.5. The summed E-state index contributed by atoms with van der Waals surface area (Å²) in [6.45, 7) is 4.59. The fourth-order valence-electron chi connectivity index (χ4n) is 3.14. The number of hydrogen-bond acceptors (Lipinski definition) is 0. The minimum atomic E-state index is 0.785. The fraction of sp³-hybridized carbons (Fsp3) is 1.00. The monoisotopic (exact) mass is 374 g/mol. The van der Waals surface area contributed by atoms with E-state index in [1.807, 2.05) is 0 Å². The lowest BCUT2D eigenvalue weighted by atomic mass is 10.0. The van der Waals surface area contributed by atoms with Gasteiger partial charge in [-0.3, -0.25) is 0 Å². The van der Waals surface area contributed by atoms with Gasteiger partial charge in [0.15, 0.2) is 0 Å². The molecule has 0 nitrogen and oxygen atoms in total. The molecule has 0 aliphatic rings. The van der Waals surface area contributed by atoms with Gasteiger partial charge in [-0.1, -0.05) is 133 Å². The Kier molecular flexibility index (Phi) is 20.0. The van der Waals surface area contributed by atoms with Gasteiger partial charge in [0.25, 0.3) is 0 Å². The van der Waals surface area contributed by atoms with E-state index in [-0.39, 0.29) is 0 Å². The van der Waals surface area contributed by atoms with Crippen molar-refractivity contribution in [1.82, 2.24) is 0 Å². The average molecular weight is 375 g/mol. The molecule has 0 rings (SSSR count). The molecule has 0 bridgehead atoms. The summed E-state index contributed by atoms with van der Waals surface area (Å²) in [5.41, 5.74) is 0. The van der Waals surface area contributed by atoms with Crippen LogP contribution in [0, 0.1) is 0 Å². The van der Waals surface area contributed by atoms with Crippen LogP contribution in [0.4, 0.5) is 0 Å². The molecule has 0 aromatic rings. The number of hydrogen-bond donors (Lipinski definition) is 0. The third-order valence-electron chi connectivity index (χ3n) is 4.74. The zero-order valence-electron chi connectivity index (χ0n) is 15.7. The summed E-state index contributed by atoms with van der Waals surface area (Å²) in [5, 5.41) is 0. The Morgan fingerprint density at radius 3 is 1.05 bits per heavy atom. The first-order valence-electron chi connectivity index (χ1n) is 10.4. The quantitative estimate of drug-likeness (QED) is 0.166. The van der Waals surface area contributed by atoms with Gasteiger partial charge in [0.2, 0.25) is 0 Å². The van der Waals surface area contributed by atoms with Crippen LogP contribution in [0.1, 0.15) is 129 Å². The molecule has 0 aliphatic carbocycles. The van der Waals surface area contributed by atoms with Crippen LogP contribution in [0.25, 0.3) is 0 Å². The molecule has 0 unspecified atom stereocenters. The van der Waals surface area contributed by atoms with E-state index in [2.05, 4.69) is 29.8 Å². The van der Waals surface area contributed by atoms with Gasteiger partial charge in [0.05, 0.1) is 0 Å². The highest BCUT2D eigenvalue weighted by atomic mass is 79.9. The number of alkyl halides is 1. The predicted molar refractivity (Wildman–Crippen MR) is 107 cm³/mol. The van der Waals surface area contributed by atoms with E-state index in [1.54, 1.807) is 0 Å². The maximum atomic E-state index is 3.88. The van der Waals surface area contributed by atoms with Crippen LogP contribution in [0.15, 0.2) is 0 Å². The highest BCUT2D eigenvalue weighted by Crippen LogP contribution is 2.19. The second kappa shape index (κ2) is 19.5. The summed E-state index contributed by atoms with van der Waals surface area (Å²) >= 11 is 3.88. The number of halogens is 1. The van der Waals surface area contributed by atoms with Crippen molar-refractivity contribution in [3.05, 3.63) is 0 Å². The summed E-state index contributed by atoms with van der Waals surface area (Å²) < 4.78 is 0. The molecule has 1 heteroatoms. The van der Waals surface area contributed by atoms with Crippen molar-refractivity contribution in [1.29, 1.82) is 0 Å². The predicted octanol–water partition coefficient (Wildman–Crippen LogP) is 8.81. The van der Waals surface area contributed by atoms with Crippen molar-refractivity contribution in [3.8, 4) is 0 Å². The van der Waals surface area contributed by atoms with Crippen LogP contribution < -0.4 is 0 Å². The van der Waals surface area contributed by atoms with Crippen molar-refractivity contribution >= 4 is 15.9 Å². The molecule has 0 spiro atoms. The first-order valence-corrected chi connectivity index (χ1v) is 11.4. The largest absolute Gasteiger partial charge is 0.0891 e. The zero-order valence-corrected chi connectivity index (χ0v) is 17.3. The van der Waals surface area contributed by atoms with Gasteiger partial charge in [0, 0.05) is 4.83 Å². The minimum Gasteiger partial charge on any atom is -0.0891 e. The van der Waals surface area contributed by atoms with E-state index in [0.29, 0.717) is 0 Å². The van der Waals surface area contributed by atoms with Gasteiger partial charge in [0.1, 0.15) is 0 Å². The second-order valence-corrected chi connectivity index (χ2v) is 8.42. The lowest BCUT2D eigenvalue weighted by Gasteiger charge is -2.09. The van der Waals surface area contributed by atoms with E-state index in [4.69, 9.17) is 0 Å². The molecule has 0 saturated carbocycles. The maximum Gasteiger partial charge on any atom is 0.0145 e. The van der Waals surface area contributed by atoms with Gasteiger partial charge in [-0.2, -0.15) is 0 Å². The van der Waals surface area contributed by atoms with E-state index in [9.17, 15) is 0 Å². The Balaban J connectivity index is 3.11. The Hall–Kier alpha value is 0.480. The zero-order chi connectivity index (χ0) is 16.3. The van der Waals surface area contributed by atoms with Crippen molar-refractivity contribution in [3.63, 3.8) is 0 Å². The van der Waals surface area contributed by atoms with E-state index >= 15 is 0 Å². The van der Waals surface area contributed by atoms with Crippen LogP contribution in [-0.2, 0) is 0 Å². The fourth-order valence-corrected chi connectivity index (χ4v) is 3.79. The van der Waals surface area contributed by atoms with E-state index in [0.717, 1.165) is 4.83 Å². The highest BCUT2D eigenvalue weighted by molar-refractivity contribution is 9.09. The topological polar surface area (TPSA) is 0 Å². The molecule has 0 aromatic heterocycles. The molecule has 0 heterocycles. The van der Waals surface area contributed by atoms with Gasteiger partial charge in [-0.05, 0) is 12.8 Å². The van der Waals surface area contributed by atoms with Gasteiger partial charge in [-0.25, -0.2) is 0 Å². The summed E-state index contributed by atoms with van der Waals surface area (Å²) in [7, 11) is 0. The molecule has 0 fully saturated rings. The van der Waals surface area contributed by atoms with Crippen LogP contribution in [0.3, 0.4) is 0 Å². The van der Waals surface area contributed by atoms with Crippen LogP contribution in [0.2, 0.25) is 0 Å². The minimum absolute atomic E-state index is 0.785. The van der Waals surface area contributed by atoms with Crippen LogP contribution >= 0.6 is 15.9 Å². The Labute approximate surface area is 150 Å². The first kappa shape index (κ1) is 22.5. The van der Waals surface area contributed by atoms with Crippen molar-refractivity contribution in [2.45, 2.75) is 134 Å². The van der Waals surface area contributed by atoms with E-state index in [1.165, 1.54) is 116 Å². The molecular weight excluding hydrogens is 332 g/mol. The van der Waals surface area contributed by atoms with Crippen molar-refractivity contribution < 1.29 is 0 Å². The van der Waals surface area contributed by atoms with Crippen molar-refractivity contribution in [2.24, 2.45) is 0 Å². The lowest BCUT2D eigenvalue weighted by molar-refractivity contribution is 0.533. The average Bonchev–Trinajstić information content (AvgIpc) is 2.52. The SMILES string of the molecule is CCCCCCCCCCC(Br)CCCCCCCCCC. The third kappa shape index (κ3) is 18.5. The molecule has 0 atom stereocenters. The Bertz CT molecular complexity index is 170. The molecule has 22 heavy (non-hydrogen) atoms. The summed E-state index contributed by atoms with van der Waals surface area (Å²) in [5.74, 6) is 0. The maximum absolute atomic E-state index is 3.88. The van der Waals surface area contributed by atoms with E-state index < -0.39 is 0 Å².